The summed E-state index contributed by atoms with van der Waals surface area (Å²) in [6.45, 7) is 11.4. The van der Waals surface area contributed by atoms with Gasteiger partial charge in [0.2, 0.25) is 0 Å². The zero-order valence-electron chi connectivity index (χ0n) is 16.7. The molecule has 0 bridgehead atoms. The topological polar surface area (TPSA) is 58.1 Å². The second kappa shape index (κ2) is 14.9. The lowest BCUT2D eigenvalue weighted by molar-refractivity contribution is 0.0203. The lowest BCUT2D eigenvalue weighted by Crippen LogP contribution is -2.40. The van der Waals surface area contributed by atoms with E-state index in [9.17, 15) is 0 Å². The molecule has 1 unspecified atom stereocenters. The molecule has 154 valence electrons. The van der Waals surface area contributed by atoms with Crippen molar-refractivity contribution in [2.24, 2.45) is 16.8 Å². The molecule has 2 heterocycles. The van der Waals surface area contributed by atoms with E-state index >= 15 is 0 Å². The van der Waals surface area contributed by atoms with E-state index in [1.54, 1.807) is 0 Å². The van der Waals surface area contributed by atoms with Crippen LogP contribution in [-0.4, -0.2) is 77.1 Å². The third-order valence-corrected chi connectivity index (χ3v) is 5.14. The van der Waals surface area contributed by atoms with Gasteiger partial charge in [-0.3, -0.25) is 4.99 Å². The summed E-state index contributed by atoms with van der Waals surface area (Å²) in [5.74, 6) is 2.35. The highest BCUT2D eigenvalue weighted by molar-refractivity contribution is 14.0. The summed E-state index contributed by atoms with van der Waals surface area (Å²) in [5, 5.41) is 6.87. The van der Waals surface area contributed by atoms with E-state index in [1.807, 2.05) is 7.05 Å². The Kier molecular flexibility index (Phi) is 13.7. The lowest BCUT2D eigenvalue weighted by atomic mass is 10.0. The van der Waals surface area contributed by atoms with Gasteiger partial charge in [0.05, 0.1) is 0 Å². The number of hydrogen-bond acceptors (Lipinski definition) is 4. The molecule has 2 N–H and O–H groups in total. The van der Waals surface area contributed by atoms with E-state index in [1.165, 1.54) is 32.5 Å². The Hall–Kier alpha value is -0.120. The monoisotopic (exact) mass is 482 g/mol. The smallest absolute Gasteiger partial charge is 0.190 e. The first-order valence-electron chi connectivity index (χ1n) is 10.1. The maximum atomic E-state index is 5.80. The highest BCUT2D eigenvalue weighted by Gasteiger charge is 2.21. The Balaban J connectivity index is 0.00000338. The average molecular weight is 482 g/mol. The third kappa shape index (κ3) is 9.71. The molecule has 0 saturated carbocycles. The maximum absolute atomic E-state index is 5.80. The second-order valence-electron chi connectivity index (χ2n) is 7.32. The first-order valence-corrected chi connectivity index (χ1v) is 10.1. The molecule has 0 aromatic rings. The van der Waals surface area contributed by atoms with E-state index in [0.717, 1.165) is 70.7 Å². The fraction of sp³-hybridized carbons (Fsp3) is 0.947. The molecule has 2 aliphatic rings. The Morgan fingerprint density at radius 3 is 2.73 bits per heavy atom. The van der Waals surface area contributed by atoms with E-state index in [4.69, 9.17) is 9.47 Å². The summed E-state index contributed by atoms with van der Waals surface area (Å²) < 4.78 is 11.2. The first-order chi connectivity index (χ1) is 12.3. The largest absolute Gasteiger partial charge is 0.381 e. The van der Waals surface area contributed by atoms with Crippen molar-refractivity contribution in [3.8, 4) is 0 Å². The van der Waals surface area contributed by atoms with Crippen LogP contribution in [0.2, 0.25) is 0 Å². The lowest BCUT2D eigenvalue weighted by Gasteiger charge is -2.21. The van der Waals surface area contributed by atoms with E-state index in [0.29, 0.717) is 5.92 Å². The highest BCUT2D eigenvalue weighted by atomic mass is 127. The van der Waals surface area contributed by atoms with E-state index in [-0.39, 0.29) is 24.0 Å². The van der Waals surface area contributed by atoms with Crippen molar-refractivity contribution in [2.75, 3.05) is 66.2 Å². The molecule has 6 nitrogen and oxygen atoms in total. The van der Waals surface area contributed by atoms with Crippen LogP contribution in [0.15, 0.2) is 4.99 Å². The van der Waals surface area contributed by atoms with Gasteiger partial charge in [0, 0.05) is 53.1 Å². The van der Waals surface area contributed by atoms with E-state index < -0.39 is 0 Å². The standard InChI is InChI=1S/C19H38N4O2.HI/c1-3-9-23-10-5-18(15-23)14-22-19(20-2)21-8-4-11-25-16-17-6-12-24-13-7-17;/h17-18H,3-16H2,1-2H3,(H2,20,21,22);1H. The van der Waals surface area contributed by atoms with Crippen molar-refractivity contribution in [1.82, 2.24) is 15.5 Å². The summed E-state index contributed by atoms with van der Waals surface area (Å²) in [4.78, 5) is 6.89. The number of nitrogens with one attached hydrogen (secondary N) is 2. The molecule has 2 aliphatic heterocycles. The fourth-order valence-corrected chi connectivity index (χ4v) is 3.60. The van der Waals surface area contributed by atoms with Crippen LogP contribution < -0.4 is 10.6 Å². The fourth-order valence-electron chi connectivity index (χ4n) is 3.60. The van der Waals surface area contributed by atoms with Gasteiger partial charge >= 0.3 is 0 Å². The summed E-state index contributed by atoms with van der Waals surface area (Å²) in [5.41, 5.74) is 0. The number of nitrogens with zero attached hydrogens (tertiary/aromatic N) is 2. The van der Waals surface area contributed by atoms with Crippen LogP contribution in [0.3, 0.4) is 0 Å². The van der Waals surface area contributed by atoms with Gasteiger partial charge in [-0.05, 0) is 57.0 Å². The van der Waals surface area contributed by atoms with Gasteiger partial charge in [-0.15, -0.1) is 24.0 Å². The van der Waals surface area contributed by atoms with Crippen LogP contribution >= 0.6 is 24.0 Å². The molecule has 26 heavy (non-hydrogen) atoms. The van der Waals surface area contributed by atoms with Gasteiger partial charge in [0.1, 0.15) is 0 Å². The molecule has 0 radical (unpaired) electrons. The zero-order chi connectivity index (χ0) is 17.7. The van der Waals surface area contributed by atoms with Crippen molar-refractivity contribution < 1.29 is 9.47 Å². The van der Waals surface area contributed by atoms with Crippen LogP contribution in [0.1, 0.15) is 39.0 Å². The molecule has 2 fully saturated rings. The number of halogens is 1. The Morgan fingerprint density at radius 2 is 2.00 bits per heavy atom. The first kappa shape index (κ1) is 23.9. The van der Waals surface area contributed by atoms with Gasteiger partial charge in [-0.25, -0.2) is 0 Å². The van der Waals surface area contributed by atoms with Crippen molar-refractivity contribution in [3.63, 3.8) is 0 Å². The molecular weight excluding hydrogens is 443 g/mol. The predicted octanol–water partition coefficient (Wildman–Crippen LogP) is 2.33. The summed E-state index contributed by atoms with van der Waals surface area (Å²) in [6, 6.07) is 0. The minimum Gasteiger partial charge on any atom is -0.381 e. The Bertz CT molecular complexity index is 379. The van der Waals surface area contributed by atoms with Gasteiger partial charge in [0.15, 0.2) is 5.96 Å². The molecular formula is C19H39IN4O2. The molecule has 2 saturated heterocycles. The normalized spacial score (nSPS) is 22.2. The number of ether oxygens (including phenoxy) is 2. The number of likely N-dealkylation sites (tertiary alicyclic amines) is 1. The van der Waals surface area contributed by atoms with Crippen LogP contribution in [0.25, 0.3) is 0 Å². The molecule has 0 aromatic carbocycles. The van der Waals surface area contributed by atoms with Crippen molar-refractivity contribution >= 4 is 29.9 Å². The maximum Gasteiger partial charge on any atom is 0.190 e. The van der Waals surface area contributed by atoms with Gasteiger partial charge in [0.25, 0.3) is 0 Å². The molecule has 1 atom stereocenters. The summed E-state index contributed by atoms with van der Waals surface area (Å²) in [6.07, 6.45) is 5.85. The minimum absolute atomic E-state index is 0. The molecule has 0 spiro atoms. The number of hydrogen-bond donors (Lipinski definition) is 2. The molecule has 0 aromatic heterocycles. The Labute approximate surface area is 176 Å². The van der Waals surface area contributed by atoms with Crippen molar-refractivity contribution in [1.29, 1.82) is 0 Å². The third-order valence-electron chi connectivity index (χ3n) is 5.14. The molecule has 0 aliphatic carbocycles. The molecule has 2 rings (SSSR count). The Morgan fingerprint density at radius 1 is 1.19 bits per heavy atom. The minimum atomic E-state index is 0. The molecule has 7 heteroatoms. The summed E-state index contributed by atoms with van der Waals surface area (Å²) >= 11 is 0. The number of rotatable bonds is 10. The van der Waals surface area contributed by atoms with Crippen LogP contribution in [-0.2, 0) is 9.47 Å². The van der Waals surface area contributed by atoms with E-state index in [2.05, 4.69) is 27.4 Å². The number of guanidine groups is 1. The quantitative estimate of drug-likeness (QED) is 0.217. The highest BCUT2D eigenvalue weighted by Crippen LogP contribution is 2.15. The van der Waals surface area contributed by atoms with Crippen LogP contribution in [0.5, 0.6) is 0 Å². The van der Waals surface area contributed by atoms with Gasteiger partial charge in [-0.2, -0.15) is 0 Å². The number of aliphatic imine (C=N–C) groups is 1. The summed E-state index contributed by atoms with van der Waals surface area (Å²) in [7, 11) is 1.84. The van der Waals surface area contributed by atoms with Gasteiger partial charge in [-0.1, -0.05) is 6.92 Å². The van der Waals surface area contributed by atoms with Crippen molar-refractivity contribution in [3.05, 3.63) is 0 Å². The van der Waals surface area contributed by atoms with Crippen LogP contribution in [0.4, 0.5) is 0 Å². The SMILES string of the molecule is CCCN1CCC(CNC(=NC)NCCCOCC2CCOCC2)C1.I. The van der Waals surface area contributed by atoms with Crippen LogP contribution in [0, 0.1) is 11.8 Å². The van der Waals surface area contributed by atoms with Gasteiger partial charge < -0.3 is 25.0 Å². The van der Waals surface area contributed by atoms with Crippen molar-refractivity contribution in [2.45, 2.75) is 39.0 Å². The average Bonchev–Trinajstić information content (AvgIpc) is 3.09. The molecule has 0 amide bonds. The predicted molar refractivity (Wildman–Crippen MR) is 119 cm³/mol. The zero-order valence-corrected chi connectivity index (χ0v) is 19.0. The second-order valence-corrected chi connectivity index (χ2v) is 7.32.